The minimum atomic E-state index is -0.321. The fourth-order valence-electron chi connectivity index (χ4n) is 4.74. The second kappa shape index (κ2) is 8.83. The average Bonchev–Trinajstić information content (AvgIpc) is 3.01. The quantitative estimate of drug-likeness (QED) is 0.476. The van der Waals surface area contributed by atoms with E-state index in [0.717, 1.165) is 45.9 Å². The first kappa shape index (κ1) is 21.4. The Morgan fingerprint density at radius 2 is 1.70 bits per heavy atom. The van der Waals surface area contributed by atoms with Crippen molar-refractivity contribution in [1.82, 2.24) is 0 Å². The molecule has 0 saturated carbocycles. The largest absolute Gasteiger partial charge is 0.497 e. The lowest BCUT2D eigenvalue weighted by atomic mass is 9.78. The zero-order valence-electron chi connectivity index (χ0n) is 18.5. The van der Waals surface area contributed by atoms with Gasteiger partial charge in [0, 0.05) is 17.7 Å². The summed E-state index contributed by atoms with van der Waals surface area (Å²) in [5.41, 5.74) is 5.60. The molecule has 1 aliphatic heterocycles. The number of hydrogen-bond donors (Lipinski definition) is 2. The van der Waals surface area contributed by atoms with Crippen LogP contribution < -0.4 is 20.1 Å². The van der Waals surface area contributed by atoms with E-state index in [1.165, 1.54) is 0 Å². The summed E-state index contributed by atoms with van der Waals surface area (Å²) in [7, 11) is 3.25. The van der Waals surface area contributed by atoms with E-state index in [-0.39, 0.29) is 17.7 Å². The molecule has 1 aliphatic carbocycles. The Kier molecular flexibility index (Phi) is 5.73. The van der Waals surface area contributed by atoms with Gasteiger partial charge in [0.25, 0.3) is 0 Å². The number of rotatable bonds is 4. The van der Waals surface area contributed by atoms with Gasteiger partial charge in [0.1, 0.15) is 11.5 Å². The number of nitrogens with one attached hydrogen (secondary N) is 2. The van der Waals surface area contributed by atoms with Gasteiger partial charge in [-0.1, -0.05) is 41.9 Å². The number of carbonyl (C=O) groups is 1. The van der Waals surface area contributed by atoms with E-state index >= 15 is 0 Å². The van der Waals surface area contributed by atoms with Crippen LogP contribution in [0, 0.1) is 0 Å². The molecule has 5 nitrogen and oxygen atoms in total. The third-order valence-corrected chi connectivity index (χ3v) is 6.68. The van der Waals surface area contributed by atoms with Gasteiger partial charge >= 0.3 is 0 Å². The fourth-order valence-corrected chi connectivity index (χ4v) is 5.00. The van der Waals surface area contributed by atoms with E-state index in [9.17, 15) is 4.79 Å². The van der Waals surface area contributed by atoms with Crippen LogP contribution >= 0.6 is 11.6 Å². The lowest BCUT2D eigenvalue weighted by molar-refractivity contribution is -0.116. The SMILES string of the molecule is COc1cccc(C2CC(=O)C3=C(C2)Nc2ccccc2NC3c2ccc(OC)c(Cl)c2)c1. The molecule has 3 aromatic carbocycles. The highest BCUT2D eigenvalue weighted by atomic mass is 35.5. The van der Waals surface area contributed by atoms with Crippen molar-refractivity contribution < 1.29 is 14.3 Å². The van der Waals surface area contributed by atoms with Gasteiger partial charge < -0.3 is 20.1 Å². The van der Waals surface area contributed by atoms with E-state index < -0.39 is 0 Å². The summed E-state index contributed by atoms with van der Waals surface area (Å²) in [4.78, 5) is 13.6. The number of anilines is 2. The van der Waals surface area contributed by atoms with E-state index in [1.54, 1.807) is 14.2 Å². The van der Waals surface area contributed by atoms with Crippen molar-refractivity contribution in [2.24, 2.45) is 0 Å². The van der Waals surface area contributed by atoms with Crippen molar-refractivity contribution in [2.45, 2.75) is 24.8 Å². The van der Waals surface area contributed by atoms with Crippen molar-refractivity contribution in [3.8, 4) is 11.5 Å². The van der Waals surface area contributed by atoms with Crippen molar-refractivity contribution in [3.05, 3.63) is 94.1 Å². The Hall–Kier alpha value is -3.44. The van der Waals surface area contributed by atoms with Crippen LogP contribution in [-0.2, 0) is 4.79 Å². The van der Waals surface area contributed by atoms with Gasteiger partial charge in [0.05, 0.1) is 36.7 Å². The highest BCUT2D eigenvalue weighted by Crippen LogP contribution is 2.45. The van der Waals surface area contributed by atoms with Gasteiger partial charge in [-0.25, -0.2) is 0 Å². The molecule has 5 rings (SSSR count). The van der Waals surface area contributed by atoms with Crippen molar-refractivity contribution >= 4 is 28.8 Å². The molecule has 0 amide bonds. The Balaban J connectivity index is 1.60. The van der Waals surface area contributed by atoms with Crippen LogP contribution in [-0.4, -0.2) is 20.0 Å². The van der Waals surface area contributed by atoms with E-state index in [2.05, 4.69) is 16.7 Å². The highest BCUT2D eigenvalue weighted by molar-refractivity contribution is 6.32. The standard InChI is InChI=1S/C27H25ClN2O3/c1-32-19-7-5-6-16(12-19)18-14-23-26(24(31)15-18)27(17-10-11-25(33-2)20(28)13-17)30-22-9-4-3-8-21(22)29-23/h3-13,18,27,29-30H,14-15H2,1-2H3. The molecule has 0 bridgehead atoms. The van der Waals surface area contributed by atoms with Crippen molar-refractivity contribution in [2.75, 3.05) is 24.9 Å². The normalized spacial score (nSPS) is 19.5. The number of ether oxygens (including phenoxy) is 2. The lowest BCUT2D eigenvalue weighted by Crippen LogP contribution is -2.26. The number of Topliss-reactive ketones (excluding diaryl/α,β-unsaturated/α-hetero) is 1. The summed E-state index contributed by atoms with van der Waals surface area (Å²) >= 11 is 6.45. The maximum Gasteiger partial charge on any atom is 0.163 e. The Bertz CT molecular complexity index is 1250. The van der Waals surface area contributed by atoms with Crippen LogP contribution in [0.1, 0.15) is 35.9 Å². The smallest absolute Gasteiger partial charge is 0.163 e. The van der Waals surface area contributed by atoms with Crippen LogP contribution in [0.4, 0.5) is 11.4 Å². The molecule has 0 spiro atoms. The first-order valence-electron chi connectivity index (χ1n) is 10.9. The molecule has 0 fully saturated rings. The maximum absolute atomic E-state index is 13.6. The summed E-state index contributed by atoms with van der Waals surface area (Å²) in [6, 6.07) is 21.4. The van der Waals surface area contributed by atoms with E-state index in [4.69, 9.17) is 21.1 Å². The summed E-state index contributed by atoms with van der Waals surface area (Å²) in [6.45, 7) is 0. The predicted molar refractivity (Wildman–Crippen MR) is 131 cm³/mol. The van der Waals surface area contributed by atoms with E-state index in [0.29, 0.717) is 17.2 Å². The van der Waals surface area contributed by atoms with Gasteiger partial charge in [-0.15, -0.1) is 0 Å². The molecular formula is C27H25ClN2O3. The number of hydrogen-bond acceptors (Lipinski definition) is 5. The number of carbonyl (C=O) groups excluding carboxylic acids is 1. The topological polar surface area (TPSA) is 59.6 Å². The minimum Gasteiger partial charge on any atom is -0.497 e. The van der Waals surface area contributed by atoms with Crippen LogP contribution in [0.2, 0.25) is 5.02 Å². The first-order valence-corrected chi connectivity index (χ1v) is 11.3. The fraction of sp³-hybridized carbons (Fsp3) is 0.222. The van der Waals surface area contributed by atoms with Gasteiger partial charge in [0.15, 0.2) is 5.78 Å². The molecular weight excluding hydrogens is 436 g/mol. The Labute approximate surface area is 198 Å². The number of halogens is 1. The maximum atomic E-state index is 13.6. The Morgan fingerprint density at radius 1 is 0.879 bits per heavy atom. The molecule has 3 aromatic rings. The number of methoxy groups -OCH3 is 2. The number of ketones is 1. The zero-order chi connectivity index (χ0) is 22.9. The predicted octanol–water partition coefficient (Wildman–Crippen LogP) is 6.34. The molecule has 2 aliphatic rings. The molecule has 1 heterocycles. The van der Waals surface area contributed by atoms with Crippen LogP contribution in [0.5, 0.6) is 11.5 Å². The highest BCUT2D eigenvalue weighted by Gasteiger charge is 2.36. The first-order chi connectivity index (χ1) is 16.1. The van der Waals surface area contributed by atoms with Gasteiger partial charge in [-0.05, 0) is 59.9 Å². The molecule has 168 valence electrons. The van der Waals surface area contributed by atoms with E-state index in [1.807, 2.05) is 60.7 Å². The number of benzene rings is 3. The van der Waals surface area contributed by atoms with Crippen molar-refractivity contribution in [3.63, 3.8) is 0 Å². The van der Waals surface area contributed by atoms with Gasteiger partial charge in [-0.3, -0.25) is 4.79 Å². The van der Waals surface area contributed by atoms with Crippen LogP contribution in [0.3, 0.4) is 0 Å². The molecule has 2 atom stereocenters. The Morgan fingerprint density at radius 3 is 2.45 bits per heavy atom. The number of para-hydroxylation sites is 2. The third kappa shape index (κ3) is 4.05. The average molecular weight is 461 g/mol. The molecule has 0 radical (unpaired) electrons. The molecule has 2 unspecified atom stereocenters. The molecule has 0 saturated heterocycles. The molecule has 2 N–H and O–H groups in total. The van der Waals surface area contributed by atoms with Gasteiger partial charge in [-0.2, -0.15) is 0 Å². The molecule has 0 aromatic heterocycles. The third-order valence-electron chi connectivity index (χ3n) is 6.38. The summed E-state index contributed by atoms with van der Waals surface area (Å²) < 4.78 is 10.7. The monoisotopic (exact) mass is 460 g/mol. The number of allylic oxidation sites excluding steroid dienone is 1. The molecule has 33 heavy (non-hydrogen) atoms. The van der Waals surface area contributed by atoms with Crippen molar-refractivity contribution in [1.29, 1.82) is 0 Å². The second-order valence-electron chi connectivity index (χ2n) is 8.34. The van der Waals surface area contributed by atoms with Crippen LogP contribution in [0.25, 0.3) is 0 Å². The number of fused-ring (bicyclic) bond motifs is 1. The summed E-state index contributed by atoms with van der Waals surface area (Å²) in [5.74, 6) is 1.60. The second-order valence-corrected chi connectivity index (χ2v) is 8.75. The summed E-state index contributed by atoms with van der Waals surface area (Å²) in [5, 5.41) is 7.66. The minimum absolute atomic E-state index is 0.0733. The lowest BCUT2D eigenvalue weighted by Gasteiger charge is -2.30. The zero-order valence-corrected chi connectivity index (χ0v) is 19.3. The van der Waals surface area contributed by atoms with Crippen LogP contribution in [0.15, 0.2) is 78.0 Å². The van der Waals surface area contributed by atoms with Gasteiger partial charge in [0.2, 0.25) is 0 Å². The molecule has 6 heteroatoms. The summed E-state index contributed by atoms with van der Waals surface area (Å²) in [6.07, 6.45) is 1.16.